The van der Waals surface area contributed by atoms with Crippen LogP contribution in [-0.2, 0) is 16.6 Å². The van der Waals surface area contributed by atoms with E-state index in [1.807, 2.05) is 12.1 Å². The van der Waals surface area contributed by atoms with Gasteiger partial charge >= 0.3 is 0 Å². The number of rotatable bonds is 2. The molecule has 1 aromatic rings. The summed E-state index contributed by atoms with van der Waals surface area (Å²) in [5, 5.41) is 0. The highest BCUT2D eigenvalue weighted by atomic mass is 19.3. The van der Waals surface area contributed by atoms with Crippen LogP contribution in [0.2, 0.25) is 0 Å². The average molecular weight is 267 g/mol. The summed E-state index contributed by atoms with van der Waals surface area (Å²) in [5.41, 5.74) is 2.57. The van der Waals surface area contributed by atoms with Crippen molar-refractivity contribution in [2.24, 2.45) is 0 Å². The van der Waals surface area contributed by atoms with Crippen LogP contribution in [0.25, 0.3) is 0 Å². The molecule has 0 spiro atoms. The summed E-state index contributed by atoms with van der Waals surface area (Å²) in [6, 6.07) is 5.66. The van der Waals surface area contributed by atoms with Gasteiger partial charge in [-0.2, -0.15) is 0 Å². The van der Waals surface area contributed by atoms with Crippen molar-refractivity contribution < 1.29 is 13.6 Å². The quantitative estimate of drug-likeness (QED) is 0.802. The second-order valence-corrected chi connectivity index (χ2v) is 6.32. The number of carbonyl (C=O) groups excluding carboxylic acids is 1. The van der Waals surface area contributed by atoms with Crippen molar-refractivity contribution >= 4 is 11.6 Å². The predicted octanol–water partition coefficient (Wildman–Crippen LogP) is 3.53. The fourth-order valence-electron chi connectivity index (χ4n) is 2.30. The molecule has 1 heterocycles. The van der Waals surface area contributed by atoms with Crippen molar-refractivity contribution in [3.63, 3.8) is 0 Å². The molecule has 4 heteroatoms. The van der Waals surface area contributed by atoms with Crippen LogP contribution in [0.3, 0.4) is 0 Å². The number of anilines is 1. The highest BCUT2D eigenvalue weighted by Gasteiger charge is 2.34. The third kappa shape index (κ3) is 2.94. The average Bonchev–Trinajstić information content (AvgIpc) is 2.51. The number of nitrogens with zero attached hydrogens (tertiary/aromatic N) is 1. The Bertz CT molecular complexity index is 512. The van der Waals surface area contributed by atoms with Crippen LogP contribution in [0, 0.1) is 0 Å². The van der Waals surface area contributed by atoms with Gasteiger partial charge < -0.3 is 4.90 Å². The van der Waals surface area contributed by atoms with Crippen molar-refractivity contribution in [3.05, 3.63) is 29.3 Å². The molecule has 2 rings (SSSR count). The molecular weight excluding hydrogens is 248 g/mol. The number of fused-ring (bicyclic) bond motifs is 1. The van der Waals surface area contributed by atoms with Crippen molar-refractivity contribution in [3.8, 4) is 0 Å². The molecule has 104 valence electrons. The monoisotopic (exact) mass is 267 g/mol. The Morgan fingerprint density at radius 2 is 1.84 bits per heavy atom. The van der Waals surface area contributed by atoms with E-state index in [0.29, 0.717) is 5.69 Å². The Hall–Kier alpha value is -1.45. The van der Waals surface area contributed by atoms with E-state index in [9.17, 15) is 13.6 Å². The van der Waals surface area contributed by atoms with Gasteiger partial charge in [0.15, 0.2) is 0 Å². The Morgan fingerprint density at radius 3 is 2.37 bits per heavy atom. The number of benzene rings is 1. The third-order valence-corrected chi connectivity index (χ3v) is 3.31. The van der Waals surface area contributed by atoms with Crippen molar-refractivity contribution in [2.75, 3.05) is 11.4 Å². The van der Waals surface area contributed by atoms with Gasteiger partial charge in [-0.3, -0.25) is 4.79 Å². The van der Waals surface area contributed by atoms with Gasteiger partial charge in [0.25, 0.3) is 5.92 Å². The van der Waals surface area contributed by atoms with Crippen LogP contribution >= 0.6 is 0 Å². The Balaban J connectivity index is 2.36. The maximum Gasteiger partial charge on any atom is 0.263 e. The molecule has 1 aromatic carbocycles. The zero-order valence-corrected chi connectivity index (χ0v) is 11.8. The highest BCUT2D eigenvalue weighted by Crippen LogP contribution is 2.34. The molecule has 0 radical (unpaired) electrons. The highest BCUT2D eigenvalue weighted by molar-refractivity contribution is 6.01. The summed E-state index contributed by atoms with van der Waals surface area (Å²) >= 11 is 0. The van der Waals surface area contributed by atoms with Crippen LogP contribution < -0.4 is 4.90 Å². The minimum atomic E-state index is -2.88. The lowest BCUT2D eigenvalue weighted by molar-refractivity contribution is -0.118. The van der Waals surface area contributed by atoms with Gasteiger partial charge in [0.2, 0.25) is 5.91 Å². The van der Waals surface area contributed by atoms with E-state index >= 15 is 0 Å². The van der Waals surface area contributed by atoms with Gasteiger partial charge in [-0.25, -0.2) is 8.78 Å². The predicted molar refractivity (Wildman–Crippen MR) is 71.8 cm³/mol. The van der Waals surface area contributed by atoms with E-state index < -0.39 is 12.5 Å². The molecule has 0 saturated carbocycles. The Morgan fingerprint density at radius 1 is 1.21 bits per heavy atom. The van der Waals surface area contributed by atoms with Gasteiger partial charge in [-0.1, -0.05) is 32.9 Å². The molecule has 0 atom stereocenters. The van der Waals surface area contributed by atoms with Gasteiger partial charge in [-0.05, 0) is 22.6 Å². The van der Waals surface area contributed by atoms with Gasteiger partial charge in [0.1, 0.15) is 0 Å². The molecule has 0 saturated heterocycles. The summed E-state index contributed by atoms with van der Waals surface area (Å²) in [5.74, 6) is -3.12. The maximum absolute atomic E-state index is 13.1. The minimum absolute atomic E-state index is 0.0137. The van der Waals surface area contributed by atoms with E-state index in [0.717, 1.165) is 18.1 Å². The van der Waals surface area contributed by atoms with Gasteiger partial charge in [0.05, 0.1) is 13.0 Å². The van der Waals surface area contributed by atoms with Crippen LogP contribution in [0.5, 0.6) is 0 Å². The van der Waals surface area contributed by atoms with Crippen molar-refractivity contribution in [1.82, 2.24) is 0 Å². The first-order chi connectivity index (χ1) is 8.58. The van der Waals surface area contributed by atoms with Gasteiger partial charge in [-0.15, -0.1) is 0 Å². The number of hydrogen-bond acceptors (Lipinski definition) is 1. The first-order valence-electron chi connectivity index (χ1n) is 6.39. The lowest BCUT2D eigenvalue weighted by Gasteiger charge is -2.23. The first kappa shape index (κ1) is 14.0. The fraction of sp³-hybridized carbons (Fsp3) is 0.533. The van der Waals surface area contributed by atoms with E-state index in [4.69, 9.17) is 0 Å². The minimum Gasteiger partial charge on any atom is -0.306 e. The summed E-state index contributed by atoms with van der Waals surface area (Å²) in [4.78, 5) is 13.1. The molecule has 0 aliphatic carbocycles. The zero-order chi connectivity index (χ0) is 14.4. The molecule has 0 aromatic heterocycles. The lowest BCUT2D eigenvalue weighted by Crippen LogP contribution is -2.37. The zero-order valence-electron chi connectivity index (χ0n) is 11.8. The van der Waals surface area contributed by atoms with Crippen molar-refractivity contribution in [2.45, 2.75) is 45.5 Å². The van der Waals surface area contributed by atoms with Crippen molar-refractivity contribution in [1.29, 1.82) is 0 Å². The topological polar surface area (TPSA) is 20.3 Å². The molecular formula is C15H19F2NO. The largest absolute Gasteiger partial charge is 0.306 e. The van der Waals surface area contributed by atoms with Crippen LogP contribution in [0.1, 0.15) is 38.8 Å². The number of halogens is 2. The SMILES string of the molecule is CC(F)(F)CN1C(=O)Cc2cc(C(C)(C)C)ccc21. The molecule has 0 N–H and O–H groups in total. The van der Waals surface area contributed by atoms with E-state index in [1.165, 1.54) is 4.90 Å². The second-order valence-electron chi connectivity index (χ2n) is 6.32. The smallest absolute Gasteiger partial charge is 0.263 e. The number of hydrogen-bond donors (Lipinski definition) is 0. The molecule has 2 nitrogen and oxygen atoms in total. The molecule has 1 aliphatic rings. The number of amides is 1. The molecule has 0 fully saturated rings. The number of alkyl halides is 2. The molecule has 1 aliphatic heterocycles. The normalized spacial score (nSPS) is 15.9. The Labute approximate surface area is 112 Å². The second kappa shape index (κ2) is 4.29. The van der Waals surface area contributed by atoms with Gasteiger partial charge in [0, 0.05) is 12.6 Å². The Kier molecular flexibility index (Phi) is 3.15. The van der Waals surface area contributed by atoms with Crippen LogP contribution in [0.4, 0.5) is 14.5 Å². The third-order valence-electron chi connectivity index (χ3n) is 3.31. The molecule has 0 bridgehead atoms. The fourth-order valence-corrected chi connectivity index (χ4v) is 2.30. The maximum atomic E-state index is 13.1. The van der Waals surface area contributed by atoms with E-state index in [-0.39, 0.29) is 17.7 Å². The molecule has 19 heavy (non-hydrogen) atoms. The first-order valence-corrected chi connectivity index (χ1v) is 6.39. The standard InChI is InChI=1S/C15H19F2NO/c1-14(2,3)11-5-6-12-10(7-11)8-13(19)18(12)9-15(4,16)17/h5-7H,8-9H2,1-4H3. The van der Waals surface area contributed by atoms with E-state index in [1.54, 1.807) is 6.07 Å². The van der Waals surface area contributed by atoms with Crippen LogP contribution in [0.15, 0.2) is 18.2 Å². The summed E-state index contributed by atoms with van der Waals surface area (Å²) in [6.07, 6.45) is 0.218. The van der Waals surface area contributed by atoms with E-state index in [2.05, 4.69) is 20.8 Å². The summed E-state index contributed by atoms with van der Waals surface area (Å²) in [7, 11) is 0. The summed E-state index contributed by atoms with van der Waals surface area (Å²) < 4.78 is 26.2. The molecule has 1 amide bonds. The lowest BCUT2D eigenvalue weighted by atomic mass is 9.86. The van der Waals surface area contributed by atoms with Crippen LogP contribution in [-0.4, -0.2) is 18.4 Å². The number of carbonyl (C=O) groups is 1. The molecule has 0 unspecified atom stereocenters. The summed E-state index contributed by atoms with van der Waals surface area (Å²) in [6.45, 7) is 6.55.